The molecule has 0 amide bonds. The fraction of sp³-hybridized carbons (Fsp3) is 0.222. The molecule has 0 aliphatic heterocycles. The largest absolute Gasteiger partial charge is 0.405 e. The Balaban J connectivity index is 1.67. The number of pyridine rings is 2. The lowest BCUT2D eigenvalue weighted by molar-refractivity contribution is -0.115. The zero-order valence-electron chi connectivity index (χ0n) is 20.5. The van der Waals surface area contributed by atoms with Crippen LogP contribution in [0.3, 0.4) is 0 Å². The number of nitrogens with zero attached hydrogens (tertiary/aromatic N) is 4. The van der Waals surface area contributed by atoms with Crippen LogP contribution in [-0.2, 0) is 7.05 Å². The van der Waals surface area contributed by atoms with Crippen molar-refractivity contribution in [2.24, 2.45) is 7.05 Å². The molecule has 6 rings (SSSR count). The first-order valence-corrected chi connectivity index (χ1v) is 12.5. The van der Waals surface area contributed by atoms with Crippen LogP contribution >= 0.6 is 11.6 Å². The molecule has 1 aliphatic carbocycles. The predicted molar refractivity (Wildman–Crippen MR) is 143 cm³/mol. The molecule has 0 saturated heterocycles. The van der Waals surface area contributed by atoms with Crippen LogP contribution in [0.2, 0.25) is 5.02 Å². The van der Waals surface area contributed by atoms with Gasteiger partial charge in [-0.25, -0.2) is 9.37 Å². The van der Waals surface area contributed by atoms with Crippen LogP contribution in [0.4, 0.5) is 29.1 Å². The van der Waals surface area contributed by atoms with E-state index >= 15 is 4.39 Å². The normalized spacial score (nSPS) is 13.8. The first kappa shape index (κ1) is 25.2. The summed E-state index contributed by atoms with van der Waals surface area (Å²) in [4.78, 5) is 18.5. The van der Waals surface area contributed by atoms with Crippen molar-refractivity contribution >= 4 is 45.0 Å². The van der Waals surface area contributed by atoms with Crippen molar-refractivity contribution in [2.75, 3.05) is 17.2 Å². The highest BCUT2D eigenvalue weighted by Gasteiger charge is 2.30. The van der Waals surface area contributed by atoms with Gasteiger partial charge in [-0.2, -0.15) is 18.3 Å². The van der Waals surface area contributed by atoms with Gasteiger partial charge >= 0.3 is 6.18 Å². The Hall–Kier alpha value is -4.12. The SMILES string of the molecule is Cn1cc2cc(-c3c(NC4CC4)c4cc(F)c(NCC(F)(F)F)nc4n(-c4ccc(Cl)cc4)c3=O)ccc2n1. The summed E-state index contributed by atoms with van der Waals surface area (Å²) in [6, 6.07) is 12.9. The van der Waals surface area contributed by atoms with Gasteiger partial charge in [0, 0.05) is 35.1 Å². The first-order chi connectivity index (χ1) is 18.6. The summed E-state index contributed by atoms with van der Waals surface area (Å²) in [7, 11) is 1.79. The van der Waals surface area contributed by atoms with Gasteiger partial charge in [0.05, 0.1) is 22.5 Å². The summed E-state index contributed by atoms with van der Waals surface area (Å²) >= 11 is 6.07. The van der Waals surface area contributed by atoms with E-state index in [-0.39, 0.29) is 22.6 Å². The third-order valence-electron chi connectivity index (χ3n) is 6.48. The van der Waals surface area contributed by atoms with E-state index in [0.29, 0.717) is 22.0 Å². The molecule has 0 bridgehead atoms. The van der Waals surface area contributed by atoms with Gasteiger partial charge in [0.15, 0.2) is 17.3 Å². The quantitative estimate of drug-likeness (QED) is 0.241. The minimum Gasteiger partial charge on any atom is -0.381 e. The molecule has 2 aromatic carbocycles. The highest BCUT2D eigenvalue weighted by Crippen LogP contribution is 2.38. The molecule has 2 N–H and O–H groups in total. The number of nitrogens with one attached hydrogen (secondary N) is 2. The number of benzene rings is 2. The molecule has 1 saturated carbocycles. The minimum absolute atomic E-state index is 0.00255. The maximum Gasteiger partial charge on any atom is 0.405 e. The highest BCUT2D eigenvalue weighted by molar-refractivity contribution is 6.30. The van der Waals surface area contributed by atoms with Crippen LogP contribution in [0.5, 0.6) is 0 Å². The van der Waals surface area contributed by atoms with Gasteiger partial charge in [-0.3, -0.25) is 14.0 Å². The van der Waals surface area contributed by atoms with E-state index < -0.39 is 29.9 Å². The maximum atomic E-state index is 15.2. The van der Waals surface area contributed by atoms with Crippen LogP contribution in [0.1, 0.15) is 12.8 Å². The Morgan fingerprint density at radius 1 is 1.10 bits per heavy atom. The number of hydrogen-bond donors (Lipinski definition) is 2. The first-order valence-electron chi connectivity index (χ1n) is 12.1. The lowest BCUT2D eigenvalue weighted by Gasteiger charge is -2.20. The average molecular weight is 557 g/mol. The number of halogens is 5. The van der Waals surface area contributed by atoms with Crippen molar-refractivity contribution in [3.63, 3.8) is 0 Å². The van der Waals surface area contributed by atoms with Gasteiger partial charge < -0.3 is 10.6 Å². The van der Waals surface area contributed by atoms with E-state index in [9.17, 15) is 18.0 Å². The van der Waals surface area contributed by atoms with Gasteiger partial charge in [0.1, 0.15) is 6.54 Å². The number of aryl methyl sites for hydroxylation is 1. The molecule has 7 nitrogen and oxygen atoms in total. The van der Waals surface area contributed by atoms with Crippen molar-refractivity contribution in [3.05, 3.63) is 75.9 Å². The monoisotopic (exact) mass is 556 g/mol. The Labute approximate surface area is 224 Å². The lowest BCUT2D eigenvalue weighted by atomic mass is 10.0. The molecule has 3 aromatic heterocycles. The summed E-state index contributed by atoms with van der Waals surface area (Å²) in [6.45, 7) is -1.48. The van der Waals surface area contributed by atoms with E-state index in [1.165, 1.54) is 4.57 Å². The van der Waals surface area contributed by atoms with Crippen LogP contribution in [0.15, 0.2) is 59.5 Å². The molecule has 0 spiro atoms. The van der Waals surface area contributed by atoms with E-state index in [2.05, 4.69) is 15.4 Å². The summed E-state index contributed by atoms with van der Waals surface area (Å²) in [5.41, 5.74) is 1.88. The smallest absolute Gasteiger partial charge is 0.381 e. The number of fused-ring (bicyclic) bond motifs is 2. The van der Waals surface area contributed by atoms with Crippen molar-refractivity contribution in [3.8, 4) is 16.8 Å². The van der Waals surface area contributed by atoms with Crippen LogP contribution in [0.25, 0.3) is 38.8 Å². The lowest BCUT2D eigenvalue weighted by Crippen LogP contribution is -2.25. The predicted octanol–water partition coefficient (Wildman–Crippen LogP) is 6.28. The van der Waals surface area contributed by atoms with Gasteiger partial charge in [0.25, 0.3) is 5.56 Å². The number of hydrogen-bond acceptors (Lipinski definition) is 5. The third-order valence-corrected chi connectivity index (χ3v) is 6.73. The molecule has 200 valence electrons. The molecule has 3 heterocycles. The van der Waals surface area contributed by atoms with Crippen molar-refractivity contribution in [1.82, 2.24) is 19.3 Å². The minimum atomic E-state index is -4.59. The Bertz CT molecular complexity index is 1790. The number of rotatable bonds is 6. The molecule has 39 heavy (non-hydrogen) atoms. The van der Waals surface area contributed by atoms with Crippen LogP contribution < -0.4 is 16.2 Å². The second-order valence-electron chi connectivity index (χ2n) is 9.52. The van der Waals surface area contributed by atoms with E-state index in [4.69, 9.17) is 11.6 Å². The second kappa shape index (κ2) is 9.26. The standard InChI is InChI=1S/C27H21ClF4N6O/c1-37-12-15-10-14(2-9-21(15)36-37)22-23(34-17-5-6-17)19-11-20(29)24(33-13-27(30,31)32)35-25(19)38(26(22)39)18-7-3-16(28)4-8-18/h2-4,7-12,17,34H,5-6,13H2,1H3,(H,33,35). The summed E-state index contributed by atoms with van der Waals surface area (Å²) in [6.07, 6.45) is -1.04. The Kier molecular flexibility index (Phi) is 5.98. The molecule has 0 unspecified atom stereocenters. The van der Waals surface area contributed by atoms with Gasteiger partial charge in [0.2, 0.25) is 0 Å². The number of aromatic nitrogens is 4. The summed E-state index contributed by atoms with van der Waals surface area (Å²) in [5.74, 6) is -1.58. The molecular weight excluding hydrogens is 536 g/mol. The molecule has 5 aromatic rings. The molecule has 1 fully saturated rings. The molecule has 0 atom stereocenters. The van der Waals surface area contributed by atoms with Gasteiger partial charge in [-0.1, -0.05) is 17.7 Å². The van der Waals surface area contributed by atoms with Crippen molar-refractivity contribution in [2.45, 2.75) is 25.1 Å². The van der Waals surface area contributed by atoms with Crippen molar-refractivity contribution in [1.29, 1.82) is 0 Å². The number of alkyl halides is 3. The zero-order chi connectivity index (χ0) is 27.5. The van der Waals surface area contributed by atoms with Crippen LogP contribution in [-0.4, -0.2) is 38.1 Å². The molecule has 0 radical (unpaired) electrons. The molecular formula is C27H21ClF4N6O. The topological polar surface area (TPSA) is 76.8 Å². The van der Waals surface area contributed by atoms with Gasteiger partial charge in [-0.15, -0.1) is 0 Å². The van der Waals surface area contributed by atoms with E-state index in [0.717, 1.165) is 29.8 Å². The fourth-order valence-corrected chi connectivity index (χ4v) is 4.70. The fourth-order valence-electron chi connectivity index (χ4n) is 4.57. The number of anilines is 2. The van der Waals surface area contributed by atoms with E-state index in [1.54, 1.807) is 48.1 Å². The van der Waals surface area contributed by atoms with Gasteiger partial charge in [-0.05, 0) is 60.9 Å². The molecule has 1 aliphatic rings. The second-order valence-corrected chi connectivity index (χ2v) is 9.96. The van der Waals surface area contributed by atoms with Crippen molar-refractivity contribution < 1.29 is 17.6 Å². The maximum absolute atomic E-state index is 15.2. The van der Waals surface area contributed by atoms with Crippen LogP contribution in [0, 0.1) is 5.82 Å². The summed E-state index contributed by atoms with van der Waals surface area (Å²) in [5, 5.41) is 11.2. The highest BCUT2D eigenvalue weighted by atomic mass is 35.5. The third kappa shape index (κ3) is 4.89. The molecule has 12 heteroatoms. The Morgan fingerprint density at radius 2 is 1.85 bits per heavy atom. The zero-order valence-corrected chi connectivity index (χ0v) is 21.2. The van der Waals surface area contributed by atoms with E-state index in [1.807, 2.05) is 17.6 Å². The summed E-state index contributed by atoms with van der Waals surface area (Å²) < 4.78 is 56.9. The Morgan fingerprint density at radius 3 is 2.54 bits per heavy atom. The average Bonchev–Trinajstić information content (AvgIpc) is 3.61.